The second-order valence-electron chi connectivity index (χ2n) is 9.04. The lowest BCUT2D eigenvalue weighted by Gasteiger charge is -2.12. The fraction of sp³-hybridized carbons (Fsp3) is 0.194. The van der Waals surface area contributed by atoms with Crippen LogP contribution in [0.15, 0.2) is 88.9 Å². The molecule has 0 radical (unpaired) electrons. The van der Waals surface area contributed by atoms with Crippen LogP contribution in [-0.2, 0) is 16.1 Å². The van der Waals surface area contributed by atoms with Crippen LogP contribution in [-0.4, -0.2) is 39.7 Å². The van der Waals surface area contributed by atoms with Crippen LogP contribution < -0.4 is 0 Å². The van der Waals surface area contributed by atoms with Gasteiger partial charge in [-0.2, -0.15) is 0 Å². The summed E-state index contributed by atoms with van der Waals surface area (Å²) in [7, 11) is 0. The van der Waals surface area contributed by atoms with Gasteiger partial charge >= 0.3 is 5.97 Å². The molecule has 0 aliphatic carbocycles. The zero-order valence-corrected chi connectivity index (χ0v) is 22.5. The van der Waals surface area contributed by atoms with Gasteiger partial charge in [0.05, 0.1) is 22.8 Å². The molecule has 0 atom stereocenters. The van der Waals surface area contributed by atoms with E-state index >= 15 is 0 Å². The molecule has 38 heavy (non-hydrogen) atoms. The number of carbonyl (C=O) groups excluding carboxylic acids is 2. The number of likely N-dealkylation sites (N-methyl/N-ethyl adjacent to an activating group) is 1. The number of amidine groups is 1. The predicted octanol–water partition coefficient (Wildman–Crippen LogP) is 6.80. The first kappa shape index (κ1) is 25.5. The Morgan fingerprint density at radius 1 is 1.03 bits per heavy atom. The number of benzene rings is 3. The molecule has 1 fully saturated rings. The minimum Gasteiger partial charge on any atom is -0.462 e. The first-order valence-electron chi connectivity index (χ1n) is 12.7. The first-order valence-corrected chi connectivity index (χ1v) is 13.5. The highest BCUT2D eigenvalue weighted by Gasteiger charge is 2.32. The lowest BCUT2D eigenvalue weighted by molar-refractivity contribution is -0.122. The van der Waals surface area contributed by atoms with Crippen molar-refractivity contribution in [3.05, 3.63) is 106 Å². The predicted molar refractivity (Wildman–Crippen MR) is 155 cm³/mol. The number of nitrogens with zero attached hydrogens (tertiary/aromatic N) is 3. The highest BCUT2D eigenvalue weighted by molar-refractivity contribution is 8.18. The van der Waals surface area contributed by atoms with Gasteiger partial charge in [-0.15, -0.1) is 0 Å². The molecule has 1 aromatic heterocycles. The van der Waals surface area contributed by atoms with Gasteiger partial charge in [0.15, 0.2) is 5.17 Å². The van der Waals surface area contributed by atoms with Crippen molar-refractivity contribution < 1.29 is 14.3 Å². The van der Waals surface area contributed by atoms with Crippen molar-refractivity contribution in [1.29, 1.82) is 0 Å². The topological polar surface area (TPSA) is 63.9 Å². The molecule has 7 heteroatoms. The molecule has 192 valence electrons. The average molecular weight is 524 g/mol. The maximum absolute atomic E-state index is 13.3. The number of esters is 1. The third-order valence-electron chi connectivity index (χ3n) is 6.33. The zero-order valence-electron chi connectivity index (χ0n) is 21.7. The molecule has 1 aliphatic heterocycles. The molecule has 0 spiro atoms. The van der Waals surface area contributed by atoms with Crippen molar-refractivity contribution in [2.75, 3.05) is 13.2 Å². The van der Waals surface area contributed by atoms with Crippen LogP contribution in [0.3, 0.4) is 0 Å². The zero-order chi connectivity index (χ0) is 26.6. The minimum atomic E-state index is -0.389. The average Bonchev–Trinajstić information content (AvgIpc) is 3.40. The van der Waals surface area contributed by atoms with Crippen LogP contribution in [0.1, 0.15) is 40.9 Å². The summed E-state index contributed by atoms with van der Waals surface area (Å²) >= 11 is 1.35. The van der Waals surface area contributed by atoms with E-state index in [4.69, 9.17) is 9.73 Å². The summed E-state index contributed by atoms with van der Waals surface area (Å²) in [4.78, 5) is 32.5. The second kappa shape index (κ2) is 11.1. The smallest absolute Gasteiger partial charge is 0.338 e. The number of hydrogen-bond acceptors (Lipinski definition) is 5. The Morgan fingerprint density at radius 2 is 1.84 bits per heavy atom. The molecule has 5 rings (SSSR count). The summed E-state index contributed by atoms with van der Waals surface area (Å²) in [6.45, 7) is 7.35. The minimum absolute atomic E-state index is 0.0756. The van der Waals surface area contributed by atoms with Crippen LogP contribution >= 0.6 is 11.8 Å². The van der Waals surface area contributed by atoms with Gasteiger partial charge in [-0.25, -0.2) is 9.79 Å². The van der Waals surface area contributed by atoms with Crippen LogP contribution in [0.4, 0.5) is 5.69 Å². The third-order valence-corrected chi connectivity index (χ3v) is 7.33. The fourth-order valence-electron chi connectivity index (χ4n) is 4.57. The second-order valence-corrected chi connectivity index (χ2v) is 10.1. The molecular formula is C31H29N3O3S. The van der Waals surface area contributed by atoms with Crippen molar-refractivity contribution >= 4 is 51.5 Å². The Kier molecular flexibility index (Phi) is 7.47. The summed E-state index contributed by atoms with van der Waals surface area (Å²) in [5.74, 6) is -0.465. The number of thioether (sulfide) groups is 1. The van der Waals surface area contributed by atoms with Gasteiger partial charge in [-0.1, -0.05) is 54.1 Å². The van der Waals surface area contributed by atoms with E-state index in [1.54, 1.807) is 30.0 Å². The summed E-state index contributed by atoms with van der Waals surface area (Å²) in [5.41, 5.74) is 5.60. The fourth-order valence-corrected chi connectivity index (χ4v) is 5.62. The molecule has 0 bridgehead atoms. The van der Waals surface area contributed by atoms with E-state index < -0.39 is 0 Å². The molecule has 0 unspecified atom stereocenters. The Morgan fingerprint density at radius 3 is 2.63 bits per heavy atom. The Bertz CT molecular complexity index is 1580. The largest absolute Gasteiger partial charge is 0.462 e. The van der Waals surface area contributed by atoms with Crippen molar-refractivity contribution in [2.24, 2.45) is 4.99 Å². The van der Waals surface area contributed by atoms with Gasteiger partial charge in [-0.05, 0) is 68.4 Å². The highest BCUT2D eigenvalue weighted by Crippen LogP contribution is 2.36. The monoisotopic (exact) mass is 523 g/mol. The first-order chi connectivity index (χ1) is 18.5. The van der Waals surface area contributed by atoms with E-state index in [-0.39, 0.29) is 11.9 Å². The van der Waals surface area contributed by atoms with Crippen molar-refractivity contribution in [2.45, 2.75) is 27.3 Å². The van der Waals surface area contributed by atoms with E-state index in [1.807, 2.05) is 31.2 Å². The number of para-hydroxylation sites is 1. The van der Waals surface area contributed by atoms with Gasteiger partial charge in [0, 0.05) is 35.8 Å². The van der Waals surface area contributed by atoms with E-state index in [1.165, 1.54) is 22.9 Å². The van der Waals surface area contributed by atoms with E-state index in [9.17, 15) is 9.59 Å². The van der Waals surface area contributed by atoms with Gasteiger partial charge in [0.25, 0.3) is 5.91 Å². The molecule has 1 amide bonds. The molecule has 3 aromatic carbocycles. The van der Waals surface area contributed by atoms with Gasteiger partial charge in [0.1, 0.15) is 0 Å². The number of aromatic nitrogens is 1. The normalized spacial score (nSPS) is 15.7. The lowest BCUT2D eigenvalue weighted by atomic mass is 10.1. The molecule has 0 saturated carbocycles. The SMILES string of the molecule is CCOC(=O)c1cccc(N=C2SC(=Cc3cn(Cc4cccc(C)c4)c4ccccc34)C(=O)N2CC)c1. The number of ether oxygens (including phenoxy) is 1. The van der Waals surface area contributed by atoms with Gasteiger partial charge in [0.2, 0.25) is 0 Å². The Hall–Kier alpha value is -4.10. The van der Waals surface area contributed by atoms with Crippen molar-refractivity contribution in [1.82, 2.24) is 9.47 Å². The van der Waals surface area contributed by atoms with Crippen LogP contribution in [0.5, 0.6) is 0 Å². The maximum atomic E-state index is 13.3. The molecule has 1 aliphatic rings. The summed E-state index contributed by atoms with van der Waals surface area (Å²) in [6, 6.07) is 23.7. The highest BCUT2D eigenvalue weighted by atomic mass is 32.2. The number of rotatable bonds is 7. The van der Waals surface area contributed by atoms with Crippen LogP contribution in [0.2, 0.25) is 0 Å². The molecule has 4 aromatic rings. The van der Waals surface area contributed by atoms with Crippen LogP contribution in [0.25, 0.3) is 17.0 Å². The summed E-state index contributed by atoms with van der Waals surface area (Å²) in [6.07, 6.45) is 4.07. The van der Waals surface area contributed by atoms with Crippen LogP contribution in [0, 0.1) is 6.92 Å². The molecule has 6 nitrogen and oxygen atoms in total. The molecule has 2 heterocycles. The quantitative estimate of drug-likeness (QED) is 0.197. The van der Waals surface area contributed by atoms with E-state index in [0.29, 0.717) is 34.5 Å². The van der Waals surface area contributed by atoms with Crippen molar-refractivity contribution in [3.63, 3.8) is 0 Å². The maximum Gasteiger partial charge on any atom is 0.338 e. The van der Waals surface area contributed by atoms with Gasteiger partial charge < -0.3 is 9.30 Å². The lowest BCUT2D eigenvalue weighted by Crippen LogP contribution is -2.28. The van der Waals surface area contributed by atoms with E-state index in [2.05, 4.69) is 54.1 Å². The Balaban J connectivity index is 1.48. The standard InChI is InChI=1S/C31H29N3O3S/c1-4-34-29(35)28(38-31(34)32-25-13-9-12-23(17-25)30(36)37-5-2)18-24-20-33(27-15-7-6-14-26(24)27)19-22-11-8-10-21(3)16-22/h6-18,20H,4-5,19H2,1-3H3. The third kappa shape index (κ3) is 5.29. The van der Waals surface area contributed by atoms with E-state index in [0.717, 1.165) is 23.0 Å². The number of carbonyl (C=O) groups is 2. The Labute approximate surface area is 226 Å². The number of aryl methyl sites for hydroxylation is 1. The number of fused-ring (bicyclic) bond motifs is 1. The number of aliphatic imine (C=N–C) groups is 1. The number of amides is 1. The molecule has 0 N–H and O–H groups in total. The van der Waals surface area contributed by atoms with Crippen molar-refractivity contribution in [3.8, 4) is 0 Å². The summed E-state index contributed by atoms with van der Waals surface area (Å²) in [5, 5.41) is 1.69. The molecule has 1 saturated heterocycles. The van der Waals surface area contributed by atoms with Gasteiger partial charge in [-0.3, -0.25) is 9.69 Å². The number of hydrogen-bond donors (Lipinski definition) is 0. The molecular weight excluding hydrogens is 494 g/mol. The summed E-state index contributed by atoms with van der Waals surface area (Å²) < 4.78 is 7.34.